The molecule has 0 spiro atoms. The summed E-state index contributed by atoms with van der Waals surface area (Å²) in [4.78, 5) is 26.0. The number of ether oxygens (including phenoxy) is 2. The highest BCUT2D eigenvalue weighted by Gasteiger charge is 2.29. The SMILES string of the molecule is Cc1cc(C(C)(C)C)c(CC(C)C)c(OC(=O)c2ccccc2)c1OC(=O)c1ccccc1. The molecule has 0 heterocycles. The van der Waals surface area contributed by atoms with Gasteiger partial charge in [-0.05, 0) is 60.1 Å². The van der Waals surface area contributed by atoms with Crippen LogP contribution in [0.5, 0.6) is 11.5 Å². The summed E-state index contributed by atoms with van der Waals surface area (Å²) in [7, 11) is 0. The highest BCUT2D eigenvalue weighted by Crippen LogP contribution is 2.43. The van der Waals surface area contributed by atoms with Crippen molar-refractivity contribution in [3.05, 3.63) is 94.5 Å². The second kappa shape index (κ2) is 10.0. The number of hydrogen-bond acceptors (Lipinski definition) is 4. The van der Waals surface area contributed by atoms with Gasteiger partial charge in [-0.25, -0.2) is 9.59 Å². The summed E-state index contributed by atoms with van der Waals surface area (Å²) in [5.74, 6) is -0.0537. The second-order valence-electron chi connectivity index (χ2n) is 9.74. The van der Waals surface area contributed by atoms with Crippen LogP contribution in [0.1, 0.15) is 72.0 Å². The molecular weight excluding hydrogens is 412 g/mol. The number of aryl methyl sites for hydroxylation is 1. The maximum Gasteiger partial charge on any atom is 0.343 e. The van der Waals surface area contributed by atoms with E-state index in [9.17, 15) is 9.59 Å². The standard InChI is InChI=1S/C29H32O4/c1-19(2)17-23-24(29(4,5)6)18-20(3)25(32-27(30)21-13-9-7-10-14-21)26(23)33-28(31)22-15-11-8-12-16-22/h7-16,18-19H,17H2,1-6H3. The fourth-order valence-electron chi connectivity index (χ4n) is 3.77. The molecule has 0 aliphatic rings. The van der Waals surface area contributed by atoms with Crippen LogP contribution in [-0.4, -0.2) is 11.9 Å². The number of benzene rings is 3. The number of hydrogen-bond donors (Lipinski definition) is 0. The minimum absolute atomic E-state index is 0.190. The van der Waals surface area contributed by atoms with E-state index in [2.05, 4.69) is 34.6 Å². The first-order chi connectivity index (χ1) is 15.6. The number of esters is 2. The largest absolute Gasteiger partial charge is 0.419 e. The van der Waals surface area contributed by atoms with Gasteiger partial charge in [0.1, 0.15) is 0 Å². The van der Waals surface area contributed by atoms with Gasteiger partial charge in [0.05, 0.1) is 11.1 Å². The maximum atomic E-state index is 13.1. The van der Waals surface area contributed by atoms with Crippen molar-refractivity contribution < 1.29 is 19.1 Å². The van der Waals surface area contributed by atoms with Crippen LogP contribution in [0.4, 0.5) is 0 Å². The van der Waals surface area contributed by atoms with Gasteiger partial charge in [0, 0.05) is 5.56 Å². The number of rotatable bonds is 6. The Bertz CT molecular complexity index is 1120. The smallest absolute Gasteiger partial charge is 0.343 e. The molecule has 0 bridgehead atoms. The second-order valence-corrected chi connectivity index (χ2v) is 9.74. The molecule has 3 rings (SSSR count). The van der Waals surface area contributed by atoms with Crippen LogP contribution >= 0.6 is 0 Å². The predicted molar refractivity (Wildman–Crippen MR) is 131 cm³/mol. The molecule has 0 aliphatic heterocycles. The van der Waals surface area contributed by atoms with Crippen LogP contribution in [0.15, 0.2) is 66.7 Å². The van der Waals surface area contributed by atoms with Crippen LogP contribution in [0.25, 0.3) is 0 Å². The molecule has 0 N–H and O–H groups in total. The molecule has 0 fully saturated rings. The zero-order valence-electron chi connectivity index (χ0n) is 20.3. The van der Waals surface area contributed by atoms with Gasteiger partial charge in [-0.1, -0.05) is 77.1 Å². The highest BCUT2D eigenvalue weighted by molar-refractivity contribution is 5.93. The van der Waals surface area contributed by atoms with E-state index < -0.39 is 11.9 Å². The molecule has 0 radical (unpaired) electrons. The molecule has 0 aliphatic carbocycles. The summed E-state index contributed by atoms with van der Waals surface area (Å²) in [6, 6.07) is 19.7. The molecule has 0 saturated carbocycles. The van der Waals surface area contributed by atoms with E-state index in [4.69, 9.17) is 9.47 Å². The van der Waals surface area contributed by atoms with Gasteiger partial charge in [-0.2, -0.15) is 0 Å². The Hall–Kier alpha value is -3.40. The molecule has 0 unspecified atom stereocenters. The summed E-state index contributed by atoms with van der Waals surface area (Å²) >= 11 is 0. The zero-order chi connectivity index (χ0) is 24.2. The van der Waals surface area contributed by atoms with Crippen molar-refractivity contribution in [2.45, 2.75) is 53.4 Å². The van der Waals surface area contributed by atoms with E-state index in [1.165, 1.54) is 0 Å². The molecule has 4 heteroatoms. The molecule has 3 aromatic carbocycles. The molecule has 0 saturated heterocycles. The van der Waals surface area contributed by atoms with E-state index in [1.54, 1.807) is 48.5 Å². The van der Waals surface area contributed by atoms with Gasteiger partial charge in [0.15, 0.2) is 11.5 Å². The van der Waals surface area contributed by atoms with Crippen molar-refractivity contribution in [1.29, 1.82) is 0 Å². The molecule has 33 heavy (non-hydrogen) atoms. The molecule has 0 aromatic heterocycles. The van der Waals surface area contributed by atoms with E-state index in [-0.39, 0.29) is 11.2 Å². The van der Waals surface area contributed by atoms with Crippen LogP contribution in [0.2, 0.25) is 0 Å². The Kier molecular flexibility index (Phi) is 7.37. The third-order valence-electron chi connectivity index (χ3n) is 5.35. The topological polar surface area (TPSA) is 52.6 Å². The lowest BCUT2D eigenvalue weighted by Crippen LogP contribution is -2.20. The van der Waals surface area contributed by atoms with Crippen LogP contribution in [-0.2, 0) is 11.8 Å². The van der Waals surface area contributed by atoms with Gasteiger partial charge in [-0.3, -0.25) is 0 Å². The van der Waals surface area contributed by atoms with E-state index >= 15 is 0 Å². The van der Waals surface area contributed by atoms with Crippen molar-refractivity contribution in [3.63, 3.8) is 0 Å². The normalized spacial score (nSPS) is 11.4. The Morgan fingerprint density at radius 1 is 0.788 bits per heavy atom. The molecule has 0 amide bonds. The molecule has 172 valence electrons. The Labute approximate surface area is 196 Å². The van der Waals surface area contributed by atoms with Gasteiger partial charge < -0.3 is 9.47 Å². The first kappa shape index (κ1) is 24.2. The average molecular weight is 445 g/mol. The van der Waals surface area contributed by atoms with Crippen molar-refractivity contribution >= 4 is 11.9 Å². The summed E-state index contributed by atoms with van der Waals surface area (Å²) < 4.78 is 11.9. The van der Waals surface area contributed by atoms with E-state index in [1.807, 2.05) is 25.1 Å². The van der Waals surface area contributed by atoms with Crippen LogP contribution in [0, 0.1) is 12.8 Å². The number of carbonyl (C=O) groups is 2. The number of carbonyl (C=O) groups excluding carboxylic acids is 2. The summed E-state index contributed by atoms with van der Waals surface area (Å²) in [6.07, 6.45) is 0.681. The van der Waals surface area contributed by atoms with Crippen molar-refractivity contribution in [2.75, 3.05) is 0 Å². The molecule has 3 aromatic rings. The van der Waals surface area contributed by atoms with Gasteiger partial charge in [-0.15, -0.1) is 0 Å². The van der Waals surface area contributed by atoms with Gasteiger partial charge in [0.2, 0.25) is 0 Å². The first-order valence-corrected chi connectivity index (χ1v) is 11.3. The third kappa shape index (κ3) is 5.89. The average Bonchev–Trinajstić information content (AvgIpc) is 2.77. The van der Waals surface area contributed by atoms with Gasteiger partial charge in [0.25, 0.3) is 0 Å². The quantitative estimate of drug-likeness (QED) is 0.306. The highest BCUT2D eigenvalue weighted by atomic mass is 16.6. The third-order valence-corrected chi connectivity index (χ3v) is 5.35. The van der Waals surface area contributed by atoms with Crippen molar-refractivity contribution in [1.82, 2.24) is 0 Å². The maximum absolute atomic E-state index is 13.1. The van der Waals surface area contributed by atoms with Crippen molar-refractivity contribution in [3.8, 4) is 11.5 Å². The Morgan fingerprint density at radius 3 is 1.67 bits per heavy atom. The molecule has 0 atom stereocenters. The fourth-order valence-corrected chi connectivity index (χ4v) is 3.77. The van der Waals surface area contributed by atoms with Crippen molar-refractivity contribution in [2.24, 2.45) is 5.92 Å². The lowest BCUT2D eigenvalue weighted by molar-refractivity contribution is 0.0679. The fraction of sp³-hybridized carbons (Fsp3) is 0.310. The zero-order valence-corrected chi connectivity index (χ0v) is 20.3. The minimum atomic E-state index is -0.491. The Morgan fingerprint density at radius 2 is 1.24 bits per heavy atom. The minimum Gasteiger partial charge on any atom is -0.419 e. The summed E-state index contributed by atoms with van der Waals surface area (Å²) in [5, 5.41) is 0. The Balaban J connectivity index is 2.17. The first-order valence-electron chi connectivity index (χ1n) is 11.3. The predicted octanol–water partition coefficient (Wildman–Crippen LogP) is 6.93. The van der Waals surface area contributed by atoms with Gasteiger partial charge >= 0.3 is 11.9 Å². The summed E-state index contributed by atoms with van der Waals surface area (Å²) in [5.41, 5.74) is 3.39. The van der Waals surface area contributed by atoms with Crippen LogP contribution < -0.4 is 9.47 Å². The lowest BCUT2D eigenvalue weighted by atomic mass is 9.80. The summed E-state index contributed by atoms with van der Waals surface area (Å²) in [6.45, 7) is 12.5. The lowest BCUT2D eigenvalue weighted by Gasteiger charge is -2.28. The van der Waals surface area contributed by atoms with E-state index in [0.717, 1.165) is 16.7 Å². The molecule has 4 nitrogen and oxygen atoms in total. The molecular formula is C29H32O4. The monoisotopic (exact) mass is 444 g/mol. The van der Waals surface area contributed by atoms with Crippen LogP contribution in [0.3, 0.4) is 0 Å². The van der Waals surface area contributed by atoms with E-state index in [0.29, 0.717) is 29.2 Å².